The van der Waals surface area contributed by atoms with Gasteiger partial charge in [-0.3, -0.25) is 4.79 Å². The fourth-order valence-corrected chi connectivity index (χ4v) is 3.00. The maximum atomic E-state index is 12.8. The van der Waals surface area contributed by atoms with E-state index in [1.807, 2.05) is 0 Å². The Morgan fingerprint density at radius 3 is 2.39 bits per heavy atom. The Kier molecular flexibility index (Phi) is 6.21. The van der Waals surface area contributed by atoms with Crippen molar-refractivity contribution in [1.82, 2.24) is 0 Å². The molecule has 3 rings (SSSR count). The molecule has 5 nitrogen and oxygen atoms in total. The maximum Gasteiger partial charge on any atom is 0.416 e. The normalized spacial score (nSPS) is 11.1. The third-order valence-electron chi connectivity index (χ3n) is 4.32. The Hall–Kier alpha value is -3.52. The van der Waals surface area contributed by atoms with Crippen molar-refractivity contribution in [3.8, 4) is 11.5 Å². The number of nitrogens with one attached hydrogen (secondary N) is 1. The summed E-state index contributed by atoms with van der Waals surface area (Å²) in [5.74, 6) is -1.62. The van der Waals surface area contributed by atoms with Crippen LogP contribution in [0.2, 0.25) is 5.02 Å². The second-order valence-electron chi connectivity index (χ2n) is 6.53. The van der Waals surface area contributed by atoms with Crippen LogP contribution in [0.15, 0.2) is 60.7 Å². The Morgan fingerprint density at radius 1 is 1.03 bits per heavy atom. The van der Waals surface area contributed by atoms with Crippen LogP contribution < -0.4 is 10.1 Å². The van der Waals surface area contributed by atoms with Crippen molar-refractivity contribution in [3.05, 3.63) is 87.9 Å². The van der Waals surface area contributed by atoms with E-state index < -0.39 is 23.6 Å². The summed E-state index contributed by atoms with van der Waals surface area (Å²) >= 11 is 5.90. The first-order valence-corrected chi connectivity index (χ1v) is 9.23. The van der Waals surface area contributed by atoms with Gasteiger partial charge < -0.3 is 15.2 Å². The number of halogens is 4. The molecule has 0 aliphatic heterocycles. The average molecular weight is 450 g/mol. The molecule has 0 fully saturated rings. The minimum atomic E-state index is -4.54. The van der Waals surface area contributed by atoms with Crippen LogP contribution in [0.25, 0.3) is 0 Å². The smallest absolute Gasteiger partial charge is 0.416 e. The van der Waals surface area contributed by atoms with Crippen LogP contribution in [0.4, 0.5) is 18.9 Å². The fourth-order valence-electron chi connectivity index (χ4n) is 2.79. The molecule has 3 aromatic carbocycles. The molecule has 0 bridgehead atoms. The lowest BCUT2D eigenvalue weighted by molar-refractivity contribution is -0.137. The van der Waals surface area contributed by atoms with Crippen molar-refractivity contribution < 1.29 is 32.6 Å². The molecule has 0 aliphatic rings. The Bertz CT molecular complexity index is 1160. The zero-order valence-electron chi connectivity index (χ0n) is 16.0. The number of benzene rings is 3. The molecule has 0 saturated heterocycles. The molecule has 0 spiro atoms. The van der Waals surface area contributed by atoms with E-state index >= 15 is 0 Å². The number of para-hydroxylation sites is 1. The summed E-state index contributed by atoms with van der Waals surface area (Å²) in [6, 6.07) is 13.1. The monoisotopic (exact) mass is 449 g/mol. The summed E-state index contributed by atoms with van der Waals surface area (Å²) in [6.07, 6.45) is -4.54. The molecule has 0 aliphatic carbocycles. The number of hydrogen-bond donors (Lipinski definition) is 2. The van der Waals surface area contributed by atoms with E-state index in [0.29, 0.717) is 5.56 Å². The third kappa shape index (κ3) is 5.16. The standard InChI is InChI=1S/C22H15ClF3NO4/c1-12-4-2-7-16(21(29)30)19(12)27-20(28)13-5-3-6-15(10-13)31-18-9-8-14(11-17(18)23)22(24,25)26/h2-11H,1H3,(H,27,28)(H,29,30). The van der Waals surface area contributed by atoms with Gasteiger partial charge in [0.2, 0.25) is 0 Å². The molecule has 2 N–H and O–H groups in total. The molecule has 0 saturated carbocycles. The summed E-state index contributed by atoms with van der Waals surface area (Å²) < 4.78 is 43.8. The van der Waals surface area contributed by atoms with E-state index in [0.717, 1.165) is 18.2 Å². The van der Waals surface area contributed by atoms with E-state index in [2.05, 4.69) is 5.32 Å². The van der Waals surface area contributed by atoms with Crippen molar-refractivity contribution in [3.63, 3.8) is 0 Å². The number of ether oxygens (including phenoxy) is 1. The minimum absolute atomic E-state index is 0.0145. The average Bonchev–Trinajstić information content (AvgIpc) is 2.70. The lowest BCUT2D eigenvalue weighted by atomic mass is 10.1. The minimum Gasteiger partial charge on any atom is -0.478 e. The quantitative estimate of drug-likeness (QED) is 0.472. The van der Waals surface area contributed by atoms with Gasteiger partial charge in [-0.15, -0.1) is 0 Å². The molecule has 1 amide bonds. The van der Waals surface area contributed by atoms with Crippen LogP contribution in [-0.4, -0.2) is 17.0 Å². The topological polar surface area (TPSA) is 75.6 Å². The van der Waals surface area contributed by atoms with Gasteiger partial charge in [0, 0.05) is 5.56 Å². The van der Waals surface area contributed by atoms with Crippen LogP contribution >= 0.6 is 11.6 Å². The molecule has 160 valence electrons. The highest BCUT2D eigenvalue weighted by molar-refractivity contribution is 6.32. The van der Waals surface area contributed by atoms with Gasteiger partial charge in [-0.1, -0.05) is 29.8 Å². The van der Waals surface area contributed by atoms with Crippen LogP contribution in [-0.2, 0) is 6.18 Å². The van der Waals surface area contributed by atoms with Gasteiger partial charge in [0.15, 0.2) is 0 Å². The van der Waals surface area contributed by atoms with Gasteiger partial charge in [-0.2, -0.15) is 13.2 Å². The van der Waals surface area contributed by atoms with Gasteiger partial charge in [0.1, 0.15) is 11.5 Å². The zero-order valence-corrected chi connectivity index (χ0v) is 16.7. The number of carboxylic acids is 1. The molecule has 9 heteroatoms. The van der Waals surface area contributed by atoms with E-state index in [-0.39, 0.29) is 33.3 Å². The SMILES string of the molecule is Cc1cccc(C(=O)O)c1NC(=O)c1cccc(Oc2ccc(C(F)(F)F)cc2Cl)c1. The van der Waals surface area contributed by atoms with E-state index in [1.54, 1.807) is 19.1 Å². The van der Waals surface area contributed by atoms with Crippen LogP contribution in [0.5, 0.6) is 11.5 Å². The van der Waals surface area contributed by atoms with Gasteiger partial charge in [0.25, 0.3) is 5.91 Å². The zero-order chi connectivity index (χ0) is 22.8. The largest absolute Gasteiger partial charge is 0.478 e. The number of alkyl halides is 3. The predicted molar refractivity (Wildman–Crippen MR) is 109 cm³/mol. The van der Waals surface area contributed by atoms with E-state index in [9.17, 15) is 27.9 Å². The lowest BCUT2D eigenvalue weighted by Crippen LogP contribution is -2.16. The number of anilines is 1. The number of carbonyl (C=O) groups is 2. The Balaban J connectivity index is 1.83. The highest BCUT2D eigenvalue weighted by Crippen LogP contribution is 2.36. The number of amides is 1. The fraction of sp³-hybridized carbons (Fsp3) is 0.0909. The van der Waals surface area contributed by atoms with Gasteiger partial charge >= 0.3 is 12.1 Å². The molecular weight excluding hydrogens is 435 g/mol. The van der Waals surface area contributed by atoms with Crippen molar-refractivity contribution >= 4 is 29.2 Å². The number of aryl methyl sites for hydroxylation is 1. The first kappa shape index (κ1) is 22.2. The number of hydrogen-bond acceptors (Lipinski definition) is 3. The van der Waals surface area contributed by atoms with E-state index in [1.165, 1.54) is 30.3 Å². The Labute approximate surface area is 180 Å². The second-order valence-corrected chi connectivity index (χ2v) is 6.94. The van der Waals surface area contributed by atoms with E-state index in [4.69, 9.17) is 16.3 Å². The third-order valence-corrected chi connectivity index (χ3v) is 4.62. The molecule has 0 aromatic heterocycles. The molecule has 0 atom stereocenters. The molecular formula is C22H15ClF3NO4. The summed E-state index contributed by atoms with van der Waals surface area (Å²) in [4.78, 5) is 24.1. The number of rotatable bonds is 5. The van der Waals surface area contributed by atoms with Crippen molar-refractivity contribution in [2.45, 2.75) is 13.1 Å². The summed E-state index contributed by atoms with van der Waals surface area (Å²) in [5, 5.41) is 11.7. The van der Waals surface area contributed by atoms with Crippen LogP contribution in [0.1, 0.15) is 31.8 Å². The van der Waals surface area contributed by atoms with Gasteiger partial charge in [0.05, 0.1) is 21.8 Å². The van der Waals surface area contributed by atoms with Crippen molar-refractivity contribution in [2.24, 2.45) is 0 Å². The van der Waals surface area contributed by atoms with Crippen LogP contribution in [0.3, 0.4) is 0 Å². The summed E-state index contributed by atoms with van der Waals surface area (Å²) in [7, 11) is 0. The van der Waals surface area contributed by atoms with Gasteiger partial charge in [-0.25, -0.2) is 4.79 Å². The summed E-state index contributed by atoms with van der Waals surface area (Å²) in [6.45, 7) is 1.66. The molecule has 0 heterocycles. The first-order chi connectivity index (χ1) is 14.6. The molecule has 31 heavy (non-hydrogen) atoms. The second kappa shape index (κ2) is 8.69. The highest BCUT2D eigenvalue weighted by atomic mass is 35.5. The van der Waals surface area contributed by atoms with Gasteiger partial charge in [-0.05, 0) is 55.0 Å². The lowest BCUT2D eigenvalue weighted by Gasteiger charge is -2.13. The number of carbonyl (C=O) groups excluding carboxylic acids is 1. The van der Waals surface area contributed by atoms with Crippen LogP contribution in [0, 0.1) is 6.92 Å². The predicted octanol–water partition coefficient (Wildman–Crippen LogP) is 6.41. The number of aromatic carboxylic acids is 1. The summed E-state index contributed by atoms with van der Waals surface area (Å²) in [5.41, 5.74) is -0.0860. The molecule has 3 aromatic rings. The maximum absolute atomic E-state index is 12.8. The first-order valence-electron chi connectivity index (χ1n) is 8.85. The Morgan fingerprint density at radius 2 is 1.74 bits per heavy atom. The number of carboxylic acid groups (broad SMARTS) is 1. The molecule has 0 unspecified atom stereocenters. The van der Waals surface area contributed by atoms with Crippen molar-refractivity contribution in [1.29, 1.82) is 0 Å². The molecule has 0 radical (unpaired) electrons. The highest BCUT2D eigenvalue weighted by Gasteiger charge is 2.31. The van der Waals surface area contributed by atoms with Crippen molar-refractivity contribution in [2.75, 3.05) is 5.32 Å².